The zero-order valence-electron chi connectivity index (χ0n) is 18.0. The van der Waals surface area contributed by atoms with E-state index in [4.69, 9.17) is 9.47 Å². The van der Waals surface area contributed by atoms with Crippen molar-refractivity contribution in [2.75, 3.05) is 7.11 Å². The number of Topliss-reactive ketones (excluding diaryl/α,β-unsaturated/α-hetero) is 1. The fourth-order valence-corrected chi connectivity index (χ4v) is 4.51. The van der Waals surface area contributed by atoms with E-state index in [9.17, 15) is 14.7 Å². The highest BCUT2D eigenvalue weighted by atomic mass is 16.5. The highest BCUT2D eigenvalue weighted by Gasteiger charge is 2.38. The van der Waals surface area contributed by atoms with E-state index in [1.165, 1.54) is 0 Å². The van der Waals surface area contributed by atoms with Gasteiger partial charge in [0.1, 0.15) is 5.75 Å². The first-order valence-corrected chi connectivity index (χ1v) is 10.5. The van der Waals surface area contributed by atoms with Crippen LogP contribution in [-0.2, 0) is 9.59 Å². The Morgan fingerprint density at radius 1 is 1.00 bits per heavy atom. The lowest BCUT2D eigenvalue weighted by atomic mass is 9.73. The molecule has 162 valence electrons. The number of hydrogen-bond acceptors (Lipinski definition) is 5. The number of carbonyl (C=O) groups excluding carboxylic acids is 2. The number of phenols is 1. The van der Waals surface area contributed by atoms with Crippen LogP contribution in [0.4, 0.5) is 0 Å². The number of amides is 1. The average molecular weight is 421 g/mol. The number of benzene rings is 2. The van der Waals surface area contributed by atoms with Gasteiger partial charge in [0.25, 0.3) is 0 Å². The van der Waals surface area contributed by atoms with Crippen molar-refractivity contribution in [1.29, 1.82) is 0 Å². The molecule has 2 aliphatic rings. The van der Waals surface area contributed by atoms with Crippen molar-refractivity contribution in [1.82, 2.24) is 5.32 Å². The van der Waals surface area contributed by atoms with Crippen LogP contribution in [0.3, 0.4) is 0 Å². The molecule has 31 heavy (non-hydrogen) atoms. The molecule has 1 aliphatic heterocycles. The van der Waals surface area contributed by atoms with Gasteiger partial charge < -0.3 is 19.9 Å². The van der Waals surface area contributed by atoms with Crippen LogP contribution in [0.2, 0.25) is 0 Å². The van der Waals surface area contributed by atoms with Crippen LogP contribution < -0.4 is 14.8 Å². The number of hydrogen-bond donors (Lipinski definition) is 2. The summed E-state index contributed by atoms with van der Waals surface area (Å²) in [6, 6.07) is 12.6. The molecule has 1 amide bonds. The van der Waals surface area contributed by atoms with E-state index in [2.05, 4.69) is 5.32 Å². The van der Waals surface area contributed by atoms with Crippen molar-refractivity contribution < 1.29 is 24.2 Å². The molecule has 0 bridgehead atoms. The Bertz CT molecular complexity index is 1060. The monoisotopic (exact) mass is 421 g/mol. The van der Waals surface area contributed by atoms with Crippen molar-refractivity contribution in [3.05, 3.63) is 64.9 Å². The molecule has 4 rings (SSSR count). The van der Waals surface area contributed by atoms with Crippen LogP contribution in [0, 0.1) is 0 Å². The van der Waals surface area contributed by atoms with Gasteiger partial charge in [-0.2, -0.15) is 0 Å². The third-order valence-electron chi connectivity index (χ3n) is 5.83. The SMILES string of the molecule is COc1cc([C@H]2CC(=O)C3=C(C2)NC(=O)C[C@@H]3c2cccc(O)c2)ccc1OC(C)C. The van der Waals surface area contributed by atoms with E-state index in [0.717, 1.165) is 11.1 Å². The molecule has 2 N–H and O–H groups in total. The summed E-state index contributed by atoms with van der Waals surface area (Å²) in [6.45, 7) is 3.91. The molecule has 0 spiro atoms. The van der Waals surface area contributed by atoms with Gasteiger partial charge in [0.15, 0.2) is 17.3 Å². The fourth-order valence-electron chi connectivity index (χ4n) is 4.51. The van der Waals surface area contributed by atoms with Crippen LogP contribution in [0.25, 0.3) is 0 Å². The number of ether oxygens (including phenoxy) is 2. The van der Waals surface area contributed by atoms with E-state index in [1.54, 1.807) is 25.3 Å². The van der Waals surface area contributed by atoms with Crippen molar-refractivity contribution in [3.63, 3.8) is 0 Å². The maximum absolute atomic E-state index is 13.2. The first-order chi connectivity index (χ1) is 14.9. The molecule has 2 aromatic carbocycles. The zero-order valence-corrected chi connectivity index (χ0v) is 18.0. The molecule has 2 aromatic rings. The summed E-state index contributed by atoms with van der Waals surface area (Å²) in [5.41, 5.74) is 3.10. The molecule has 1 heterocycles. The maximum atomic E-state index is 13.2. The van der Waals surface area contributed by atoms with Gasteiger partial charge in [0, 0.05) is 30.0 Å². The van der Waals surface area contributed by atoms with Gasteiger partial charge in [-0.25, -0.2) is 0 Å². The minimum atomic E-state index is -0.333. The number of aromatic hydroxyl groups is 1. The molecule has 0 aromatic heterocycles. The molecule has 0 fully saturated rings. The zero-order chi connectivity index (χ0) is 22.1. The second-order valence-corrected chi connectivity index (χ2v) is 8.40. The number of ketones is 1. The van der Waals surface area contributed by atoms with Crippen LogP contribution >= 0.6 is 0 Å². The van der Waals surface area contributed by atoms with Gasteiger partial charge in [-0.3, -0.25) is 9.59 Å². The Morgan fingerprint density at radius 2 is 1.81 bits per heavy atom. The Hall–Kier alpha value is -3.28. The number of rotatable bonds is 5. The Morgan fingerprint density at radius 3 is 2.52 bits per heavy atom. The molecular formula is C25H27NO5. The average Bonchev–Trinajstić information content (AvgIpc) is 2.72. The van der Waals surface area contributed by atoms with Crippen LogP contribution in [0.15, 0.2) is 53.7 Å². The minimum absolute atomic E-state index is 0.0236. The molecule has 0 saturated heterocycles. The molecule has 0 unspecified atom stereocenters. The highest BCUT2D eigenvalue weighted by Crippen LogP contribution is 2.44. The smallest absolute Gasteiger partial charge is 0.225 e. The molecule has 6 nitrogen and oxygen atoms in total. The maximum Gasteiger partial charge on any atom is 0.225 e. The highest BCUT2D eigenvalue weighted by molar-refractivity contribution is 6.02. The minimum Gasteiger partial charge on any atom is -0.508 e. The lowest BCUT2D eigenvalue weighted by molar-refractivity contribution is -0.122. The topological polar surface area (TPSA) is 84.9 Å². The van der Waals surface area contributed by atoms with Crippen molar-refractivity contribution in [2.24, 2.45) is 0 Å². The number of nitrogens with one attached hydrogen (secondary N) is 1. The van der Waals surface area contributed by atoms with Crippen LogP contribution in [-0.4, -0.2) is 30.0 Å². The summed E-state index contributed by atoms with van der Waals surface area (Å²) in [7, 11) is 1.60. The van der Waals surface area contributed by atoms with E-state index < -0.39 is 0 Å². The molecule has 6 heteroatoms. The van der Waals surface area contributed by atoms with E-state index in [-0.39, 0.29) is 41.8 Å². The molecular weight excluding hydrogens is 394 g/mol. The van der Waals surface area contributed by atoms with Crippen molar-refractivity contribution in [2.45, 2.75) is 51.0 Å². The molecule has 0 radical (unpaired) electrons. The summed E-state index contributed by atoms with van der Waals surface area (Å²) >= 11 is 0. The van der Waals surface area contributed by atoms with Crippen LogP contribution in [0.1, 0.15) is 56.1 Å². The van der Waals surface area contributed by atoms with Gasteiger partial charge >= 0.3 is 0 Å². The molecule has 2 atom stereocenters. The van der Waals surface area contributed by atoms with Gasteiger partial charge in [-0.1, -0.05) is 18.2 Å². The third kappa shape index (κ3) is 4.29. The number of methoxy groups -OCH3 is 1. The van der Waals surface area contributed by atoms with Crippen LogP contribution in [0.5, 0.6) is 17.2 Å². The normalized spacial score (nSPS) is 21.0. The largest absolute Gasteiger partial charge is 0.508 e. The third-order valence-corrected chi connectivity index (χ3v) is 5.83. The van der Waals surface area contributed by atoms with Gasteiger partial charge in [0.05, 0.1) is 13.2 Å². The first-order valence-electron chi connectivity index (χ1n) is 10.5. The lowest BCUT2D eigenvalue weighted by Crippen LogP contribution is -2.38. The second kappa shape index (κ2) is 8.46. The molecule has 0 saturated carbocycles. The van der Waals surface area contributed by atoms with E-state index >= 15 is 0 Å². The Labute approximate surface area is 181 Å². The summed E-state index contributed by atoms with van der Waals surface area (Å²) in [5, 5.41) is 12.8. The van der Waals surface area contributed by atoms with E-state index in [1.807, 2.05) is 38.1 Å². The van der Waals surface area contributed by atoms with Gasteiger partial charge in [-0.05, 0) is 61.6 Å². The standard InChI is InChI=1S/C25H27NO5/c1-14(2)31-22-8-7-15(12-23(22)30-3)17-10-20-25(21(28)11-17)19(13-24(29)26-20)16-5-4-6-18(27)9-16/h4-9,12,14,17,19,27H,10-11,13H2,1-3H3,(H,26,29)/t17-,19-/m1/s1. The summed E-state index contributed by atoms with van der Waals surface area (Å²) in [5.74, 6) is 0.946. The fraction of sp³-hybridized carbons (Fsp3) is 0.360. The lowest BCUT2D eigenvalue weighted by Gasteiger charge is -2.34. The number of allylic oxidation sites excluding steroid dienone is 2. The Balaban J connectivity index is 1.66. The predicted molar refractivity (Wildman–Crippen MR) is 116 cm³/mol. The predicted octanol–water partition coefficient (Wildman–Crippen LogP) is 4.19. The van der Waals surface area contributed by atoms with E-state index in [0.29, 0.717) is 35.6 Å². The summed E-state index contributed by atoms with van der Waals surface area (Å²) < 4.78 is 11.3. The molecule has 1 aliphatic carbocycles. The van der Waals surface area contributed by atoms with Crippen molar-refractivity contribution in [3.8, 4) is 17.2 Å². The van der Waals surface area contributed by atoms with Crippen molar-refractivity contribution >= 4 is 11.7 Å². The first kappa shape index (κ1) is 21.0. The number of phenolic OH excluding ortho intramolecular Hbond substituents is 1. The number of carbonyl (C=O) groups is 2. The van der Waals surface area contributed by atoms with Gasteiger partial charge in [-0.15, -0.1) is 0 Å². The summed E-state index contributed by atoms with van der Waals surface area (Å²) in [4.78, 5) is 25.7. The van der Waals surface area contributed by atoms with Gasteiger partial charge in [0.2, 0.25) is 5.91 Å². The Kier molecular flexibility index (Phi) is 5.72. The second-order valence-electron chi connectivity index (χ2n) is 8.40. The quantitative estimate of drug-likeness (QED) is 0.756. The summed E-state index contributed by atoms with van der Waals surface area (Å²) in [6.07, 6.45) is 1.15.